The van der Waals surface area contributed by atoms with Crippen LogP contribution in [-0.4, -0.2) is 19.1 Å². The minimum atomic E-state index is -0.388. The molecule has 0 aromatic heterocycles. The van der Waals surface area contributed by atoms with Gasteiger partial charge in [-0.3, -0.25) is 4.79 Å². The second kappa shape index (κ2) is 6.62. The molecule has 0 aromatic carbocycles. The summed E-state index contributed by atoms with van der Waals surface area (Å²) in [7, 11) is 0. The average Bonchev–Trinajstić information content (AvgIpc) is 2.08. The number of ether oxygens (including phenoxy) is 1. The molecule has 0 spiro atoms. The van der Waals surface area contributed by atoms with Crippen LogP contribution in [0.2, 0.25) is 0 Å². The third kappa shape index (κ3) is 8.18. The zero-order valence-corrected chi connectivity index (χ0v) is 10.3. The van der Waals surface area contributed by atoms with Crippen LogP contribution in [0.1, 0.15) is 40.5 Å². The van der Waals surface area contributed by atoms with E-state index >= 15 is 0 Å². The third-order valence-corrected chi connectivity index (χ3v) is 1.82. The highest BCUT2D eigenvalue weighted by atomic mass is 16.5. The lowest BCUT2D eigenvalue weighted by Gasteiger charge is -2.14. The van der Waals surface area contributed by atoms with Crippen LogP contribution in [0.5, 0.6) is 0 Å². The fourth-order valence-electron chi connectivity index (χ4n) is 1.14. The molecule has 88 valence electrons. The van der Waals surface area contributed by atoms with Gasteiger partial charge in [-0.15, -0.1) is 0 Å². The van der Waals surface area contributed by atoms with Gasteiger partial charge in [-0.2, -0.15) is 0 Å². The van der Waals surface area contributed by atoms with Crippen LogP contribution in [0.4, 0.5) is 0 Å². The van der Waals surface area contributed by atoms with Gasteiger partial charge in [0.2, 0.25) is 5.91 Å². The summed E-state index contributed by atoms with van der Waals surface area (Å²) in [6.07, 6.45) is 3.98. The quantitative estimate of drug-likeness (QED) is 0.543. The number of amides is 1. The Morgan fingerprint density at radius 2 is 2.00 bits per heavy atom. The molecule has 0 bridgehead atoms. The van der Waals surface area contributed by atoms with Crippen LogP contribution in [0, 0.1) is 5.41 Å². The molecule has 0 aromatic rings. The van der Waals surface area contributed by atoms with Crippen molar-refractivity contribution in [1.82, 2.24) is 0 Å². The first kappa shape index (κ1) is 14.2. The lowest BCUT2D eigenvalue weighted by molar-refractivity contribution is -0.115. The number of unbranched alkanes of at least 4 members (excludes halogenated alkanes) is 1. The molecule has 2 N–H and O–H groups in total. The van der Waals surface area contributed by atoms with E-state index in [0.717, 1.165) is 12.8 Å². The van der Waals surface area contributed by atoms with E-state index in [0.29, 0.717) is 18.8 Å². The van der Waals surface area contributed by atoms with E-state index in [1.165, 1.54) is 0 Å². The smallest absolute Gasteiger partial charge is 0.246 e. The molecular weight excluding hydrogens is 190 g/mol. The minimum absolute atomic E-state index is 0.0432. The van der Waals surface area contributed by atoms with E-state index < -0.39 is 0 Å². The van der Waals surface area contributed by atoms with Crippen molar-refractivity contribution in [2.24, 2.45) is 11.1 Å². The molecule has 0 aliphatic heterocycles. The maximum atomic E-state index is 11.1. The summed E-state index contributed by atoms with van der Waals surface area (Å²) >= 11 is 0. The van der Waals surface area contributed by atoms with E-state index in [4.69, 9.17) is 10.5 Å². The van der Waals surface area contributed by atoms with Crippen molar-refractivity contribution in [3.05, 3.63) is 11.6 Å². The molecular formula is C12H23NO2. The predicted octanol–water partition coefficient (Wildman–Crippen LogP) is 2.26. The summed E-state index contributed by atoms with van der Waals surface area (Å²) in [6.45, 7) is 9.20. The first-order valence-corrected chi connectivity index (χ1v) is 5.46. The number of carbonyl (C=O) groups excluding carboxylic acids is 1. The van der Waals surface area contributed by atoms with Crippen LogP contribution in [0.3, 0.4) is 0 Å². The molecule has 0 radical (unpaired) electrons. The van der Waals surface area contributed by atoms with E-state index in [2.05, 4.69) is 6.92 Å². The predicted molar refractivity (Wildman–Crippen MR) is 62.5 cm³/mol. The van der Waals surface area contributed by atoms with Crippen molar-refractivity contribution in [3.8, 4) is 0 Å². The highest BCUT2D eigenvalue weighted by Gasteiger charge is 2.12. The molecule has 3 nitrogen and oxygen atoms in total. The Morgan fingerprint density at radius 1 is 1.40 bits per heavy atom. The lowest BCUT2D eigenvalue weighted by atomic mass is 9.93. The number of hydrogen-bond donors (Lipinski definition) is 1. The molecule has 0 fully saturated rings. The van der Waals surface area contributed by atoms with Crippen molar-refractivity contribution in [2.75, 3.05) is 13.2 Å². The molecule has 0 rings (SSSR count). The number of rotatable bonds is 6. The summed E-state index contributed by atoms with van der Waals surface area (Å²) in [5.41, 5.74) is 5.80. The molecule has 0 saturated heterocycles. The first-order valence-electron chi connectivity index (χ1n) is 5.46. The lowest BCUT2D eigenvalue weighted by Crippen LogP contribution is -2.20. The van der Waals surface area contributed by atoms with E-state index in [1.54, 1.807) is 0 Å². The Kier molecular flexibility index (Phi) is 6.25. The fraction of sp³-hybridized carbons (Fsp3) is 0.750. The van der Waals surface area contributed by atoms with Gasteiger partial charge < -0.3 is 10.5 Å². The van der Waals surface area contributed by atoms with E-state index in [1.807, 2.05) is 26.8 Å². The molecule has 0 aliphatic rings. The van der Waals surface area contributed by atoms with Crippen LogP contribution in [-0.2, 0) is 9.53 Å². The number of hydrogen-bond acceptors (Lipinski definition) is 2. The summed E-state index contributed by atoms with van der Waals surface area (Å²) in [6, 6.07) is 0. The molecule has 1 amide bonds. The van der Waals surface area contributed by atoms with Crippen molar-refractivity contribution in [1.29, 1.82) is 0 Å². The topological polar surface area (TPSA) is 52.3 Å². The maximum Gasteiger partial charge on any atom is 0.246 e. The number of allylic oxidation sites excluding steroid dienone is 1. The molecule has 0 saturated carbocycles. The van der Waals surface area contributed by atoms with Crippen LogP contribution >= 0.6 is 0 Å². The first-order chi connectivity index (χ1) is 6.87. The van der Waals surface area contributed by atoms with Crippen molar-refractivity contribution in [3.63, 3.8) is 0 Å². The highest BCUT2D eigenvalue weighted by Crippen LogP contribution is 2.17. The van der Waals surface area contributed by atoms with Gasteiger partial charge in [-0.25, -0.2) is 0 Å². The number of nitrogens with two attached hydrogens (primary N) is 1. The largest absolute Gasteiger partial charge is 0.377 e. The summed E-state index contributed by atoms with van der Waals surface area (Å²) in [5, 5.41) is 0. The van der Waals surface area contributed by atoms with Crippen LogP contribution < -0.4 is 5.73 Å². The zero-order chi connectivity index (χ0) is 11.9. The Labute approximate surface area is 92.7 Å². The van der Waals surface area contributed by atoms with Gasteiger partial charge in [0.1, 0.15) is 0 Å². The van der Waals surface area contributed by atoms with Gasteiger partial charge in [-0.1, -0.05) is 40.2 Å². The summed E-state index contributed by atoms with van der Waals surface area (Å²) < 4.78 is 5.37. The molecule has 0 aliphatic carbocycles. The second-order valence-electron chi connectivity index (χ2n) is 4.81. The highest BCUT2D eigenvalue weighted by molar-refractivity contribution is 5.92. The Hall–Kier alpha value is -0.830. The molecule has 3 heteroatoms. The second-order valence-corrected chi connectivity index (χ2v) is 4.81. The third-order valence-electron chi connectivity index (χ3n) is 1.82. The van der Waals surface area contributed by atoms with Gasteiger partial charge in [0.25, 0.3) is 0 Å². The zero-order valence-electron chi connectivity index (χ0n) is 10.3. The fourth-order valence-corrected chi connectivity index (χ4v) is 1.14. The van der Waals surface area contributed by atoms with Gasteiger partial charge in [0.15, 0.2) is 0 Å². The van der Waals surface area contributed by atoms with E-state index in [9.17, 15) is 4.79 Å². The standard InChI is InChI=1S/C12H23NO2/c1-5-6-7-15-9-10(11(13)14)8-12(2,3)4/h8H,5-7,9H2,1-4H3,(H2,13,14). The van der Waals surface area contributed by atoms with Gasteiger partial charge in [0, 0.05) is 12.2 Å². The SMILES string of the molecule is CCCCOCC(=CC(C)(C)C)C(N)=O. The van der Waals surface area contributed by atoms with Crippen molar-refractivity contribution in [2.45, 2.75) is 40.5 Å². The molecule has 0 unspecified atom stereocenters. The van der Waals surface area contributed by atoms with Crippen LogP contribution in [0.25, 0.3) is 0 Å². The summed E-state index contributed by atoms with van der Waals surface area (Å²) in [5.74, 6) is -0.388. The Bertz CT molecular complexity index is 226. The van der Waals surface area contributed by atoms with E-state index in [-0.39, 0.29) is 11.3 Å². The summed E-state index contributed by atoms with van der Waals surface area (Å²) in [4.78, 5) is 11.1. The van der Waals surface area contributed by atoms with Crippen molar-refractivity contribution >= 4 is 5.91 Å². The Balaban J connectivity index is 4.18. The normalized spacial score (nSPS) is 12.9. The number of carbonyl (C=O) groups is 1. The maximum absolute atomic E-state index is 11.1. The van der Waals surface area contributed by atoms with Gasteiger partial charge in [-0.05, 0) is 11.8 Å². The minimum Gasteiger partial charge on any atom is -0.377 e. The van der Waals surface area contributed by atoms with Gasteiger partial charge >= 0.3 is 0 Å². The van der Waals surface area contributed by atoms with Crippen molar-refractivity contribution < 1.29 is 9.53 Å². The Morgan fingerprint density at radius 3 is 2.40 bits per heavy atom. The molecule has 15 heavy (non-hydrogen) atoms. The monoisotopic (exact) mass is 213 g/mol. The number of primary amides is 1. The van der Waals surface area contributed by atoms with Gasteiger partial charge in [0.05, 0.1) is 6.61 Å². The molecule has 0 heterocycles. The average molecular weight is 213 g/mol. The van der Waals surface area contributed by atoms with Crippen LogP contribution in [0.15, 0.2) is 11.6 Å². The molecule has 0 atom stereocenters.